The number of hydrogen-bond donors (Lipinski definition) is 2. The highest BCUT2D eigenvalue weighted by Gasteiger charge is 2.17. The second-order valence-corrected chi connectivity index (χ2v) is 6.11. The third kappa shape index (κ3) is 3.54. The van der Waals surface area contributed by atoms with Crippen LogP contribution in [0.15, 0.2) is 23.1 Å². The van der Waals surface area contributed by atoms with Crippen LogP contribution in [0.3, 0.4) is 0 Å². The second kappa shape index (κ2) is 6.31. The molecule has 0 fully saturated rings. The van der Waals surface area contributed by atoms with Crippen molar-refractivity contribution in [1.29, 1.82) is 0 Å². The Hall–Kier alpha value is -0.910. The highest BCUT2D eigenvalue weighted by Crippen LogP contribution is 2.17. The van der Waals surface area contributed by atoms with Crippen LogP contribution in [0.25, 0.3) is 0 Å². The maximum atomic E-state index is 12.1. The van der Waals surface area contributed by atoms with Gasteiger partial charge >= 0.3 is 0 Å². The number of nitrogens with two attached hydrogens (primary N) is 1. The summed E-state index contributed by atoms with van der Waals surface area (Å²) < 4.78 is 26.8. The Morgan fingerprint density at radius 2 is 1.83 bits per heavy atom. The molecule has 1 aromatic rings. The van der Waals surface area contributed by atoms with Crippen LogP contribution < -0.4 is 10.5 Å². The summed E-state index contributed by atoms with van der Waals surface area (Å²) in [7, 11) is -3.46. The fourth-order valence-corrected chi connectivity index (χ4v) is 3.13. The molecule has 0 heterocycles. The average molecular weight is 270 g/mol. The van der Waals surface area contributed by atoms with E-state index in [1.54, 1.807) is 19.1 Å². The minimum Gasteiger partial charge on any atom is -0.329 e. The molecule has 1 atom stereocenters. The number of aryl methyl sites for hydroxylation is 2. The molecule has 0 aliphatic heterocycles. The van der Waals surface area contributed by atoms with Gasteiger partial charge in [0.15, 0.2) is 0 Å². The third-order valence-corrected chi connectivity index (χ3v) is 4.55. The van der Waals surface area contributed by atoms with E-state index in [4.69, 9.17) is 5.73 Å². The first-order chi connectivity index (χ1) is 8.44. The summed E-state index contributed by atoms with van der Waals surface area (Å²) in [6.07, 6.45) is 1.75. The number of nitrogens with one attached hydrogen (secondary N) is 1. The van der Waals surface area contributed by atoms with E-state index in [1.807, 2.05) is 13.0 Å². The highest BCUT2D eigenvalue weighted by atomic mass is 32.2. The molecule has 102 valence electrons. The summed E-state index contributed by atoms with van der Waals surface area (Å²) in [6.45, 7) is 6.13. The van der Waals surface area contributed by atoms with Gasteiger partial charge in [0.2, 0.25) is 10.0 Å². The topological polar surface area (TPSA) is 72.2 Å². The lowest BCUT2D eigenvalue weighted by molar-refractivity contribution is 0.562. The number of benzene rings is 1. The number of sulfonamides is 1. The van der Waals surface area contributed by atoms with Crippen molar-refractivity contribution in [3.8, 4) is 0 Å². The Balaban J connectivity index is 3.10. The predicted octanol–water partition coefficient (Wildman–Crippen LogP) is 1.44. The van der Waals surface area contributed by atoms with Gasteiger partial charge in [0.25, 0.3) is 0 Å². The first-order valence-corrected chi connectivity index (χ1v) is 7.77. The summed E-state index contributed by atoms with van der Waals surface area (Å²) >= 11 is 0. The average Bonchev–Trinajstić information content (AvgIpc) is 2.37. The highest BCUT2D eigenvalue weighted by molar-refractivity contribution is 7.89. The van der Waals surface area contributed by atoms with Gasteiger partial charge in [-0.25, -0.2) is 13.1 Å². The molecule has 5 heteroatoms. The van der Waals surface area contributed by atoms with Gasteiger partial charge in [-0.3, -0.25) is 0 Å². The Morgan fingerprint density at radius 1 is 1.22 bits per heavy atom. The maximum absolute atomic E-state index is 12.1. The lowest BCUT2D eigenvalue weighted by atomic mass is 10.0. The van der Waals surface area contributed by atoms with Crippen molar-refractivity contribution in [2.45, 2.75) is 44.6 Å². The standard InChI is InChI=1S/C13H22N2O2S/c1-4-11-6-7-13(8-12(11)5-2)18(16,17)15-10(3)9-14/h6-8,10,15H,4-5,9,14H2,1-3H3/t10-/m0/s1. The van der Waals surface area contributed by atoms with E-state index in [0.717, 1.165) is 18.4 Å². The number of hydrogen-bond acceptors (Lipinski definition) is 3. The number of rotatable bonds is 6. The van der Waals surface area contributed by atoms with Crippen molar-refractivity contribution in [1.82, 2.24) is 4.72 Å². The molecule has 1 aromatic carbocycles. The molecule has 0 saturated heterocycles. The van der Waals surface area contributed by atoms with Crippen molar-refractivity contribution in [2.24, 2.45) is 5.73 Å². The molecule has 0 radical (unpaired) electrons. The quantitative estimate of drug-likeness (QED) is 0.821. The summed E-state index contributed by atoms with van der Waals surface area (Å²) in [4.78, 5) is 0.317. The smallest absolute Gasteiger partial charge is 0.240 e. The van der Waals surface area contributed by atoms with Gasteiger partial charge in [-0.1, -0.05) is 19.9 Å². The summed E-state index contributed by atoms with van der Waals surface area (Å²) in [5.41, 5.74) is 7.71. The maximum Gasteiger partial charge on any atom is 0.240 e. The lowest BCUT2D eigenvalue weighted by Gasteiger charge is -2.14. The largest absolute Gasteiger partial charge is 0.329 e. The Labute approximate surface area is 110 Å². The van der Waals surface area contributed by atoms with E-state index < -0.39 is 10.0 Å². The fraction of sp³-hybridized carbons (Fsp3) is 0.538. The molecule has 0 unspecified atom stereocenters. The lowest BCUT2D eigenvalue weighted by Crippen LogP contribution is -2.37. The van der Waals surface area contributed by atoms with E-state index >= 15 is 0 Å². The summed E-state index contributed by atoms with van der Waals surface area (Å²) in [6, 6.07) is 5.04. The molecule has 0 spiro atoms. The van der Waals surface area contributed by atoms with Crippen LogP contribution in [0.5, 0.6) is 0 Å². The van der Waals surface area contributed by atoms with Gasteiger partial charge in [0, 0.05) is 12.6 Å². The molecular weight excluding hydrogens is 248 g/mol. The van der Waals surface area contributed by atoms with Crippen molar-refractivity contribution in [2.75, 3.05) is 6.54 Å². The van der Waals surface area contributed by atoms with Crippen LogP contribution in [0, 0.1) is 0 Å². The molecule has 0 aromatic heterocycles. The zero-order valence-corrected chi connectivity index (χ0v) is 12.0. The van der Waals surface area contributed by atoms with Gasteiger partial charge in [-0.15, -0.1) is 0 Å². The van der Waals surface area contributed by atoms with Crippen LogP contribution in [-0.2, 0) is 22.9 Å². The van der Waals surface area contributed by atoms with Gasteiger partial charge in [-0.05, 0) is 43.0 Å². The van der Waals surface area contributed by atoms with E-state index in [1.165, 1.54) is 5.56 Å². The van der Waals surface area contributed by atoms with E-state index in [2.05, 4.69) is 11.6 Å². The van der Waals surface area contributed by atoms with Gasteiger partial charge in [-0.2, -0.15) is 0 Å². The molecule has 3 N–H and O–H groups in total. The van der Waals surface area contributed by atoms with Crippen molar-refractivity contribution < 1.29 is 8.42 Å². The first-order valence-electron chi connectivity index (χ1n) is 6.28. The molecule has 0 saturated carbocycles. The van der Waals surface area contributed by atoms with Gasteiger partial charge < -0.3 is 5.73 Å². The van der Waals surface area contributed by atoms with Crippen LogP contribution in [-0.4, -0.2) is 21.0 Å². The van der Waals surface area contributed by atoms with Crippen molar-refractivity contribution in [3.63, 3.8) is 0 Å². The molecule has 18 heavy (non-hydrogen) atoms. The van der Waals surface area contributed by atoms with Crippen LogP contribution >= 0.6 is 0 Å². The zero-order valence-electron chi connectivity index (χ0n) is 11.2. The van der Waals surface area contributed by atoms with Gasteiger partial charge in [0.1, 0.15) is 0 Å². The van der Waals surface area contributed by atoms with E-state index in [-0.39, 0.29) is 12.6 Å². The Bertz CT molecular complexity index is 498. The molecule has 4 nitrogen and oxygen atoms in total. The molecular formula is C13H22N2O2S. The SMILES string of the molecule is CCc1ccc(S(=O)(=O)N[C@@H](C)CN)cc1CC. The second-order valence-electron chi connectivity index (χ2n) is 4.40. The zero-order chi connectivity index (χ0) is 13.8. The minimum absolute atomic E-state index is 0.258. The predicted molar refractivity (Wildman–Crippen MR) is 74.0 cm³/mol. The summed E-state index contributed by atoms with van der Waals surface area (Å²) in [5, 5.41) is 0. The van der Waals surface area contributed by atoms with Crippen LogP contribution in [0.4, 0.5) is 0 Å². The molecule has 0 aliphatic carbocycles. The van der Waals surface area contributed by atoms with Crippen LogP contribution in [0.2, 0.25) is 0 Å². The van der Waals surface area contributed by atoms with Crippen molar-refractivity contribution >= 4 is 10.0 Å². The van der Waals surface area contributed by atoms with Crippen molar-refractivity contribution in [3.05, 3.63) is 29.3 Å². The monoisotopic (exact) mass is 270 g/mol. The first kappa shape index (κ1) is 15.1. The Kier molecular flexibility index (Phi) is 5.31. The Morgan fingerprint density at radius 3 is 2.33 bits per heavy atom. The summed E-state index contributed by atoms with van der Waals surface area (Å²) in [5.74, 6) is 0. The fourth-order valence-electron chi connectivity index (χ4n) is 1.82. The normalized spacial score (nSPS) is 13.6. The van der Waals surface area contributed by atoms with Crippen LogP contribution in [0.1, 0.15) is 31.9 Å². The third-order valence-electron chi connectivity index (χ3n) is 2.96. The molecule has 0 amide bonds. The molecule has 1 rings (SSSR count). The minimum atomic E-state index is -3.46. The van der Waals surface area contributed by atoms with E-state index in [0.29, 0.717) is 4.90 Å². The molecule has 0 aliphatic rings. The van der Waals surface area contributed by atoms with E-state index in [9.17, 15) is 8.42 Å². The molecule has 0 bridgehead atoms. The van der Waals surface area contributed by atoms with Gasteiger partial charge in [0.05, 0.1) is 4.90 Å².